The molecule has 1 heterocycles. The van der Waals surface area contributed by atoms with E-state index < -0.39 is 0 Å². The lowest BCUT2D eigenvalue weighted by molar-refractivity contribution is 0.0762. The zero-order valence-electron chi connectivity index (χ0n) is 13.8. The zero-order valence-corrected chi connectivity index (χ0v) is 14.6. The largest absolute Gasteiger partial charge is 0.337 e. The van der Waals surface area contributed by atoms with Crippen LogP contribution in [0.2, 0.25) is 5.02 Å². The van der Waals surface area contributed by atoms with Crippen molar-refractivity contribution in [3.63, 3.8) is 0 Å². The fourth-order valence-corrected chi connectivity index (χ4v) is 2.95. The van der Waals surface area contributed by atoms with Crippen molar-refractivity contribution in [3.8, 4) is 0 Å². The van der Waals surface area contributed by atoms with Crippen LogP contribution in [0.4, 0.5) is 10.5 Å². The molecule has 0 unspecified atom stereocenters. The van der Waals surface area contributed by atoms with Crippen LogP contribution in [-0.4, -0.2) is 47.9 Å². The number of carbonyl (C=O) groups is 2. The van der Waals surface area contributed by atoms with Crippen LogP contribution >= 0.6 is 11.6 Å². The zero-order chi connectivity index (χ0) is 17.6. The molecule has 6 heteroatoms. The molecule has 0 aromatic heterocycles. The molecule has 3 rings (SSSR count). The Morgan fingerprint density at radius 3 is 2.20 bits per heavy atom. The molecule has 130 valence electrons. The number of hydrogen-bond acceptors (Lipinski definition) is 2. The van der Waals surface area contributed by atoms with E-state index in [0.29, 0.717) is 36.8 Å². The van der Waals surface area contributed by atoms with Gasteiger partial charge < -0.3 is 15.1 Å². The average molecular weight is 358 g/mol. The molecule has 1 N–H and O–H groups in total. The van der Waals surface area contributed by atoms with Crippen molar-refractivity contribution in [1.29, 1.82) is 0 Å². The fraction of sp³-hybridized carbons (Fsp3) is 0.263. The maximum absolute atomic E-state index is 12.6. The molecule has 2 aromatic rings. The van der Waals surface area contributed by atoms with Crippen molar-refractivity contribution in [1.82, 2.24) is 9.80 Å². The first-order valence-electron chi connectivity index (χ1n) is 8.29. The van der Waals surface area contributed by atoms with Gasteiger partial charge in [-0.15, -0.1) is 0 Å². The van der Waals surface area contributed by atoms with E-state index in [-0.39, 0.29) is 11.9 Å². The second kappa shape index (κ2) is 8.03. The predicted octanol–water partition coefficient (Wildman–Crippen LogP) is 3.72. The van der Waals surface area contributed by atoms with Crippen LogP contribution in [0.5, 0.6) is 0 Å². The second-order valence-corrected chi connectivity index (χ2v) is 6.37. The molecule has 0 aliphatic carbocycles. The van der Waals surface area contributed by atoms with Crippen LogP contribution in [0.15, 0.2) is 54.6 Å². The third kappa shape index (κ3) is 4.51. The van der Waals surface area contributed by atoms with E-state index in [1.807, 2.05) is 30.3 Å². The summed E-state index contributed by atoms with van der Waals surface area (Å²) in [5.41, 5.74) is 1.39. The van der Waals surface area contributed by atoms with E-state index in [9.17, 15) is 9.59 Å². The van der Waals surface area contributed by atoms with Crippen LogP contribution in [0.3, 0.4) is 0 Å². The Bertz CT molecular complexity index is 734. The van der Waals surface area contributed by atoms with Gasteiger partial charge in [-0.25, -0.2) is 4.79 Å². The van der Waals surface area contributed by atoms with Gasteiger partial charge in [0.1, 0.15) is 0 Å². The van der Waals surface area contributed by atoms with Gasteiger partial charge in [0.05, 0.1) is 0 Å². The standard InChI is InChI=1S/C19H20ClN3O2/c20-16-9-7-15(8-10-16)18(24)22-11-4-12-23(14-13-22)19(25)21-17-5-2-1-3-6-17/h1-3,5-10H,4,11-14H2,(H,21,25). The second-order valence-electron chi connectivity index (χ2n) is 5.94. The van der Waals surface area contributed by atoms with Crippen LogP contribution < -0.4 is 5.32 Å². The lowest BCUT2D eigenvalue weighted by atomic mass is 10.2. The van der Waals surface area contributed by atoms with Gasteiger partial charge in [-0.2, -0.15) is 0 Å². The predicted molar refractivity (Wildman–Crippen MR) is 99.0 cm³/mol. The lowest BCUT2D eigenvalue weighted by Crippen LogP contribution is -2.39. The van der Waals surface area contributed by atoms with Crippen LogP contribution in [-0.2, 0) is 0 Å². The van der Waals surface area contributed by atoms with Crippen molar-refractivity contribution >= 4 is 29.2 Å². The van der Waals surface area contributed by atoms with E-state index in [1.54, 1.807) is 34.1 Å². The molecule has 1 aliphatic heterocycles. The summed E-state index contributed by atoms with van der Waals surface area (Å²) in [6.07, 6.45) is 0.752. The topological polar surface area (TPSA) is 52.7 Å². The maximum atomic E-state index is 12.6. The van der Waals surface area contributed by atoms with Gasteiger partial charge in [0, 0.05) is 42.5 Å². The highest BCUT2D eigenvalue weighted by molar-refractivity contribution is 6.30. The van der Waals surface area contributed by atoms with Crippen molar-refractivity contribution in [2.45, 2.75) is 6.42 Å². The van der Waals surface area contributed by atoms with E-state index in [4.69, 9.17) is 11.6 Å². The van der Waals surface area contributed by atoms with Gasteiger partial charge in [0.15, 0.2) is 0 Å². The number of halogens is 1. The molecule has 25 heavy (non-hydrogen) atoms. The quantitative estimate of drug-likeness (QED) is 0.890. The molecule has 2 aromatic carbocycles. The number of urea groups is 1. The molecule has 1 aliphatic rings. The highest BCUT2D eigenvalue weighted by Crippen LogP contribution is 2.14. The molecule has 0 radical (unpaired) electrons. The Balaban J connectivity index is 1.59. The van der Waals surface area contributed by atoms with Gasteiger partial charge in [0.25, 0.3) is 5.91 Å². The van der Waals surface area contributed by atoms with Crippen molar-refractivity contribution < 1.29 is 9.59 Å². The van der Waals surface area contributed by atoms with Gasteiger partial charge in [0.2, 0.25) is 0 Å². The Morgan fingerprint density at radius 1 is 0.840 bits per heavy atom. The van der Waals surface area contributed by atoms with Crippen LogP contribution in [0.25, 0.3) is 0 Å². The number of para-hydroxylation sites is 1. The summed E-state index contributed by atoms with van der Waals surface area (Å²) in [6, 6.07) is 16.1. The van der Waals surface area contributed by atoms with Gasteiger partial charge in [-0.3, -0.25) is 4.79 Å². The number of hydrogen-bond donors (Lipinski definition) is 1. The third-order valence-corrected chi connectivity index (χ3v) is 4.44. The highest BCUT2D eigenvalue weighted by atomic mass is 35.5. The molecular formula is C19H20ClN3O2. The molecule has 3 amide bonds. The maximum Gasteiger partial charge on any atom is 0.321 e. The SMILES string of the molecule is O=C(Nc1ccccc1)N1CCCN(C(=O)c2ccc(Cl)cc2)CC1. The summed E-state index contributed by atoms with van der Waals surface area (Å²) >= 11 is 5.87. The van der Waals surface area contributed by atoms with Gasteiger partial charge >= 0.3 is 6.03 Å². The molecule has 0 atom stereocenters. The number of rotatable bonds is 2. The molecule has 0 spiro atoms. The Morgan fingerprint density at radius 2 is 1.48 bits per heavy atom. The minimum absolute atomic E-state index is 0.0259. The summed E-state index contributed by atoms with van der Waals surface area (Å²) in [5.74, 6) is -0.0259. The monoisotopic (exact) mass is 357 g/mol. The number of nitrogens with one attached hydrogen (secondary N) is 1. The molecule has 0 saturated carbocycles. The number of amides is 3. The van der Waals surface area contributed by atoms with E-state index in [0.717, 1.165) is 12.1 Å². The summed E-state index contributed by atoms with van der Waals surface area (Å²) in [5, 5.41) is 3.50. The van der Waals surface area contributed by atoms with Crippen molar-refractivity contribution in [2.75, 3.05) is 31.5 Å². The van der Waals surface area contributed by atoms with E-state index in [1.165, 1.54) is 0 Å². The van der Waals surface area contributed by atoms with Crippen LogP contribution in [0.1, 0.15) is 16.8 Å². The first-order valence-corrected chi connectivity index (χ1v) is 8.67. The summed E-state index contributed by atoms with van der Waals surface area (Å²) in [4.78, 5) is 28.5. The number of nitrogens with zero attached hydrogens (tertiary/aromatic N) is 2. The smallest absolute Gasteiger partial charge is 0.321 e. The van der Waals surface area contributed by atoms with Gasteiger partial charge in [-0.05, 0) is 42.8 Å². The molecule has 1 fully saturated rings. The van der Waals surface area contributed by atoms with Crippen LogP contribution in [0, 0.1) is 0 Å². The minimum Gasteiger partial charge on any atom is -0.337 e. The van der Waals surface area contributed by atoms with Crippen molar-refractivity contribution in [2.24, 2.45) is 0 Å². The first kappa shape index (κ1) is 17.3. The average Bonchev–Trinajstić information content (AvgIpc) is 2.89. The normalized spacial score (nSPS) is 14.8. The summed E-state index contributed by atoms with van der Waals surface area (Å²) < 4.78 is 0. The highest BCUT2D eigenvalue weighted by Gasteiger charge is 2.22. The van der Waals surface area contributed by atoms with E-state index >= 15 is 0 Å². The Hall–Kier alpha value is -2.53. The summed E-state index contributed by atoms with van der Waals surface area (Å²) in [6.45, 7) is 2.29. The third-order valence-electron chi connectivity index (χ3n) is 4.19. The Labute approximate surface area is 152 Å². The molecule has 0 bridgehead atoms. The van der Waals surface area contributed by atoms with Crippen molar-refractivity contribution in [3.05, 3.63) is 65.2 Å². The fourth-order valence-electron chi connectivity index (χ4n) is 2.82. The molecular weight excluding hydrogens is 338 g/mol. The number of anilines is 1. The molecule has 1 saturated heterocycles. The molecule has 5 nitrogen and oxygen atoms in total. The minimum atomic E-state index is -0.132. The lowest BCUT2D eigenvalue weighted by Gasteiger charge is -2.22. The Kier molecular flexibility index (Phi) is 5.56. The van der Waals surface area contributed by atoms with E-state index in [2.05, 4.69) is 5.32 Å². The first-order chi connectivity index (χ1) is 12.1. The number of carbonyl (C=O) groups excluding carboxylic acids is 2. The van der Waals surface area contributed by atoms with Gasteiger partial charge in [-0.1, -0.05) is 29.8 Å². The summed E-state index contributed by atoms with van der Waals surface area (Å²) in [7, 11) is 0. The number of benzene rings is 2.